The Morgan fingerprint density at radius 3 is 2.70 bits per heavy atom. The van der Waals surface area contributed by atoms with Gasteiger partial charge in [0.25, 0.3) is 0 Å². The molecule has 1 aliphatic rings. The zero-order valence-electron chi connectivity index (χ0n) is 10.3. The molecule has 0 atom stereocenters. The van der Waals surface area contributed by atoms with Crippen LogP contribution < -0.4 is 0 Å². The van der Waals surface area contributed by atoms with E-state index in [0.29, 0.717) is 35.8 Å². The van der Waals surface area contributed by atoms with Crippen LogP contribution in [0.1, 0.15) is 11.3 Å². The van der Waals surface area contributed by atoms with Crippen LogP contribution >= 0.6 is 23.4 Å². The van der Waals surface area contributed by atoms with Crippen molar-refractivity contribution in [2.75, 3.05) is 6.54 Å². The van der Waals surface area contributed by atoms with E-state index in [1.54, 1.807) is 10.5 Å². The van der Waals surface area contributed by atoms with Crippen LogP contribution in [0.25, 0.3) is 11.3 Å². The molecule has 1 aliphatic heterocycles. The van der Waals surface area contributed by atoms with Gasteiger partial charge in [0.1, 0.15) is 0 Å². The van der Waals surface area contributed by atoms with Gasteiger partial charge in [-0.3, -0.25) is 4.98 Å². The molecule has 1 aromatic carbocycles. The normalized spacial score (nSPS) is 15.2. The summed E-state index contributed by atoms with van der Waals surface area (Å²) >= 11 is 12.2. The van der Waals surface area contributed by atoms with Crippen LogP contribution in [0.3, 0.4) is 0 Å². The molecule has 2 nitrogen and oxygen atoms in total. The number of fused-ring (bicyclic) bond motifs is 1. The van der Waals surface area contributed by atoms with Gasteiger partial charge >= 0.3 is 0 Å². The predicted octanol–water partition coefficient (Wildman–Crippen LogP) is 4.19. The Morgan fingerprint density at radius 1 is 1.15 bits per heavy atom. The van der Waals surface area contributed by atoms with Crippen molar-refractivity contribution in [2.24, 2.45) is 0 Å². The van der Waals surface area contributed by atoms with Crippen LogP contribution in [0, 0.1) is 11.6 Å². The second kappa shape index (κ2) is 5.28. The molecule has 0 bridgehead atoms. The minimum atomic E-state index is -0.912. The monoisotopic (exact) mass is 314 g/mol. The molecule has 104 valence electrons. The molecular weight excluding hydrogens is 305 g/mol. The van der Waals surface area contributed by atoms with Crippen molar-refractivity contribution in [3.05, 3.63) is 52.2 Å². The smallest absolute Gasteiger partial charge is 0.159 e. The number of pyridine rings is 1. The van der Waals surface area contributed by atoms with Gasteiger partial charge < -0.3 is 0 Å². The van der Waals surface area contributed by atoms with Crippen LogP contribution in [-0.4, -0.2) is 15.9 Å². The first-order valence-corrected chi connectivity index (χ1v) is 6.80. The van der Waals surface area contributed by atoms with E-state index in [4.69, 9.17) is 23.4 Å². The SMILES string of the molecule is Fc1ccc(-c2nc3c(cc2Cl)CN(Cl)CC3)cc1F. The highest BCUT2D eigenvalue weighted by atomic mass is 35.5. The van der Waals surface area contributed by atoms with Crippen molar-refractivity contribution in [3.63, 3.8) is 0 Å². The molecule has 2 aromatic rings. The lowest BCUT2D eigenvalue weighted by Gasteiger charge is -2.22. The molecular formula is C14H10Cl2F2N2. The van der Waals surface area contributed by atoms with Crippen molar-refractivity contribution in [3.8, 4) is 11.3 Å². The fraction of sp³-hybridized carbons (Fsp3) is 0.214. The number of hydrogen-bond acceptors (Lipinski definition) is 2. The first kappa shape index (κ1) is 13.7. The van der Waals surface area contributed by atoms with Gasteiger partial charge in [0, 0.05) is 30.8 Å². The molecule has 6 heteroatoms. The van der Waals surface area contributed by atoms with Crippen molar-refractivity contribution in [2.45, 2.75) is 13.0 Å². The summed E-state index contributed by atoms with van der Waals surface area (Å²) in [7, 11) is 0. The highest BCUT2D eigenvalue weighted by Crippen LogP contribution is 2.31. The summed E-state index contributed by atoms with van der Waals surface area (Å²) in [6, 6.07) is 5.43. The number of aromatic nitrogens is 1. The minimum Gasteiger partial charge on any atom is -0.251 e. The van der Waals surface area contributed by atoms with E-state index in [9.17, 15) is 8.78 Å². The second-order valence-electron chi connectivity index (χ2n) is 4.65. The molecule has 0 fully saturated rings. The molecule has 0 aliphatic carbocycles. The molecule has 0 saturated heterocycles. The maximum Gasteiger partial charge on any atom is 0.159 e. The van der Waals surface area contributed by atoms with Gasteiger partial charge in [-0.25, -0.2) is 13.2 Å². The van der Waals surface area contributed by atoms with E-state index < -0.39 is 11.6 Å². The summed E-state index contributed by atoms with van der Waals surface area (Å²) in [4.78, 5) is 4.48. The lowest BCUT2D eigenvalue weighted by atomic mass is 10.0. The van der Waals surface area contributed by atoms with E-state index in [0.717, 1.165) is 23.4 Å². The van der Waals surface area contributed by atoms with E-state index >= 15 is 0 Å². The molecule has 0 spiro atoms. The molecule has 1 aromatic heterocycles. The summed E-state index contributed by atoms with van der Waals surface area (Å²) < 4.78 is 28.0. The van der Waals surface area contributed by atoms with Gasteiger partial charge in [0.2, 0.25) is 0 Å². The molecule has 0 saturated carbocycles. The first-order chi connectivity index (χ1) is 9.54. The Bertz CT molecular complexity index is 676. The summed E-state index contributed by atoms with van der Waals surface area (Å²) in [6.07, 6.45) is 0.701. The Hall–Kier alpha value is -1.23. The van der Waals surface area contributed by atoms with Crippen LogP contribution in [0.15, 0.2) is 24.3 Å². The van der Waals surface area contributed by atoms with Crippen LogP contribution in [0.5, 0.6) is 0 Å². The number of rotatable bonds is 1. The molecule has 0 radical (unpaired) electrons. The van der Waals surface area contributed by atoms with Gasteiger partial charge in [-0.2, -0.15) is 0 Å². The highest BCUT2D eigenvalue weighted by molar-refractivity contribution is 6.33. The molecule has 3 rings (SSSR count). The van der Waals surface area contributed by atoms with Gasteiger partial charge in [-0.1, -0.05) is 11.6 Å². The third-order valence-electron chi connectivity index (χ3n) is 3.27. The molecule has 0 N–H and O–H groups in total. The zero-order chi connectivity index (χ0) is 14.3. The average Bonchev–Trinajstić information content (AvgIpc) is 2.41. The molecule has 0 unspecified atom stereocenters. The Morgan fingerprint density at radius 2 is 1.95 bits per heavy atom. The van der Waals surface area contributed by atoms with Gasteiger partial charge in [-0.15, -0.1) is 0 Å². The first-order valence-electron chi connectivity index (χ1n) is 6.09. The summed E-state index contributed by atoms with van der Waals surface area (Å²) in [5.41, 5.74) is 2.78. The third-order valence-corrected chi connectivity index (χ3v) is 3.85. The maximum atomic E-state index is 13.3. The lowest BCUT2D eigenvalue weighted by molar-refractivity contribution is 0.424. The Labute approximate surface area is 125 Å². The average molecular weight is 315 g/mol. The predicted molar refractivity (Wildman–Crippen MR) is 74.6 cm³/mol. The number of benzene rings is 1. The number of nitrogens with zero attached hydrogens (tertiary/aromatic N) is 2. The molecule has 2 heterocycles. The number of hydrogen-bond donors (Lipinski definition) is 0. The van der Waals surface area contributed by atoms with Gasteiger partial charge in [0.15, 0.2) is 11.6 Å². The molecule has 20 heavy (non-hydrogen) atoms. The largest absolute Gasteiger partial charge is 0.251 e. The van der Waals surface area contributed by atoms with E-state index in [1.165, 1.54) is 6.07 Å². The summed E-state index contributed by atoms with van der Waals surface area (Å²) in [6.45, 7) is 1.27. The zero-order valence-corrected chi connectivity index (χ0v) is 11.8. The lowest BCUT2D eigenvalue weighted by Crippen LogP contribution is -2.23. The summed E-state index contributed by atoms with van der Waals surface area (Å²) in [5, 5.41) is 0.404. The summed E-state index contributed by atoms with van der Waals surface area (Å²) in [5.74, 6) is -1.80. The minimum absolute atomic E-state index is 0.404. The van der Waals surface area contributed by atoms with Crippen LogP contribution in [0.4, 0.5) is 8.78 Å². The maximum absolute atomic E-state index is 13.3. The standard InChI is InChI=1S/C14H10Cl2F2N2/c15-10-5-9-7-20(16)4-3-13(9)19-14(10)8-1-2-11(17)12(18)6-8/h1-2,5-6H,3-4,7H2. The fourth-order valence-electron chi connectivity index (χ4n) is 2.26. The van der Waals surface area contributed by atoms with E-state index in [-0.39, 0.29) is 0 Å². The number of halogens is 4. The van der Waals surface area contributed by atoms with E-state index in [1.807, 2.05) is 0 Å². The van der Waals surface area contributed by atoms with Crippen LogP contribution in [-0.2, 0) is 13.0 Å². The Balaban J connectivity index is 2.08. The topological polar surface area (TPSA) is 16.1 Å². The van der Waals surface area contributed by atoms with Crippen molar-refractivity contribution in [1.82, 2.24) is 9.40 Å². The van der Waals surface area contributed by atoms with E-state index in [2.05, 4.69) is 4.98 Å². The Kier molecular flexibility index (Phi) is 3.63. The van der Waals surface area contributed by atoms with Crippen LogP contribution in [0.2, 0.25) is 5.02 Å². The van der Waals surface area contributed by atoms with Crippen molar-refractivity contribution < 1.29 is 8.78 Å². The van der Waals surface area contributed by atoms with Gasteiger partial charge in [-0.05, 0) is 41.6 Å². The quantitative estimate of drug-likeness (QED) is 0.734. The fourth-order valence-corrected chi connectivity index (χ4v) is 2.75. The van der Waals surface area contributed by atoms with Gasteiger partial charge in [0.05, 0.1) is 10.7 Å². The molecule has 0 amide bonds. The highest BCUT2D eigenvalue weighted by Gasteiger charge is 2.19. The van der Waals surface area contributed by atoms with Crippen molar-refractivity contribution in [1.29, 1.82) is 0 Å². The third kappa shape index (κ3) is 2.51. The van der Waals surface area contributed by atoms with Crippen molar-refractivity contribution >= 4 is 23.4 Å². The second-order valence-corrected chi connectivity index (χ2v) is 5.53.